The fraction of sp³-hybridized carbons (Fsp3) is 0.391. The first-order chi connectivity index (χ1) is 14.8. The molecule has 174 valence electrons. The van der Waals surface area contributed by atoms with Gasteiger partial charge in [-0.1, -0.05) is 35.3 Å². The molecule has 32 heavy (non-hydrogen) atoms. The minimum atomic E-state index is -0.630. The molecule has 9 heteroatoms. The fourth-order valence-corrected chi connectivity index (χ4v) is 4.66. The van der Waals surface area contributed by atoms with E-state index in [0.717, 1.165) is 30.5 Å². The van der Waals surface area contributed by atoms with E-state index in [4.69, 9.17) is 33.7 Å². The van der Waals surface area contributed by atoms with Gasteiger partial charge in [-0.2, -0.15) is 0 Å². The number of rotatable bonds is 7. The number of hydrogen-bond acceptors (Lipinski definition) is 5. The third kappa shape index (κ3) is 5.87. The van der Waals surface area contributed by atoms with Gasteiger partial charge in [-0.3, -0.25) is 4.79 Å². The maximum atomic E-state index is 12.8. The van der Waals surface area contributed by atoms with Crippen LogP contribution < -0.4 is 16.0 Å². The third-order valence-corrected chi connectivity index (χ3v) is 6.02. The fourth-order valence-electron chi connectivity index (χ4n) is 4.04. The molecule has 0 saturated heterocycles. The maximum absolute atomic E-state index is 12.8. The number of nitrogens with two attached hydrogens (primary N) is 1. The molecule has 1 aliphatic rings. The van der Waals surface area contributed by atoms with Crippen LogP contribution in [0.25, 0.3) is 0 Å². The van der Waals surface area contributed by atoms with Gasteiger partial charge in [0.15, 0.2) is 0 Å². The molecule has 3 rings (SSSR count). The Morgan fingerprint density at radius 2 is 1.88 bits per heavy atom. The number of benzene rings is 2. The summed E-state index contributed by atoms with van der Waals surface area (Å²) in [5.74, 6) is -0.561. The summed E-state index contributed by atoms with van der Waals surface area (Å²) in [5, 5.41) is 4.03. The van der Waals surface area contributed by atoms with Gasteiger partial charge in [0.2, 0.25) is 5.91 Å². The van der Waals surface area contributed by atoms with Crippen LogP contribution in [0.2, 0.25) is 10.0 Å². The number of amides is 1. The van der Waals surface area contributed by atoms with E-state index in [9.17, 15) is 9.59 Å². The zero-order chi connectivity index (χ0) is 22.5. The average molecular weight is 501 g/mol. The molecule has 0 saturated carbocycles. The molecular formula is C23H28Cl3N3O3. The number of esters is 1. The van der Waals surface area contributed by atoms with E-state index in [1.807, 2.05) is 24.3 Å². The number of carbonyl (C=O) groups is 2. The van der Waals surface area contributed by atoms with Crippen LogP contribution in [0.1, 0.15) is 43.4 Å². The molecule has 0 aromatic heterocycles. The third-order valence-electron chi connectivity index (χ3n) is 5.49. The lowest BCUT2D eigenvalue weighted by atomic mass is 9.90. The number of carbonyl (C=O) groups excluding carboxylic acids is 2. The Kier molecular flexibility index (Phi) is 9.64. The first-order valence-corrected chi connectivity index (χ1v) is 11.0. The van der Waals surface area contributed by atoms with Crippen molar-refractivity contribution in [2.24, 2.45) is 5.73 Å². The van der Waals surface area contributed by atoms with E-state index in [1.165, 1.54) is 19.6 Å². The number of nitrogens with one attached hydrogen (secondary N) is 1. The lowest BCUT2D eigenvalue weighted by Gasteiger charge is -2.39. The predicted octanol–water partition coefficient (Wildman–Crippen LogP) is 5.15. The lowest BCUT2D eigenvalue weighted by molar-refractivity contribution is -0.142. The molecule has 0 spiro atoms. The summed E-state index contributed by atoms with van der Waals surface area (Å²) in [6.07, 6.45) is 3.25. The molecule has 3 N–H and O–H groups in total. The van der Waals surface area contributed by atoms with E-state index in [-0.39, 0.29) is 18.3 Å². The van der Waals surface area contributed by atoms with Gasteiger partial charge in [0, 0.05) is 40.3 Å². The van der Waals surface area contributed by atoms with Gasteiger partial charge in [-0.15, -0.1) is 12.4 Å². The SMILES string of the molecule is COC(=O)[C@@H]1C[C@@H](N(C(C)=O)c2ccc(CCCCN)cc2)c2c(Cl)cc(Cl)cc2N1.Cl. The standard InChI is InChI=1S/C23H27Cl2N3O3.ClH/c1-14(29)28(17-8-6-15(7-9-17)5-3-4-10-26)21-13-20(23(30)31-2)27-19-12-16(24)11-18(25)22(19)21;/h6-9,11-12,20-21,27H,3-5,10,13,26H2,1-2H3;1H/t20-,21+;/m0./s1. The molecule has 6 nitrogen and oxygen atoms in total. The summed E-state index contributed by atoms with van der Waals surface area (Å²) in [4.78, 5) is 26.8. The average Bonchev–Trinajstić information content (AvgIpc) is 2.73. The van der Waals surface area contributed by atoms with Crippen molar-refractivity contribution in [1.82, 2.24) is 0 Å². The molecular weight excluding hydrogens is 473 g/mol. The number of nitrogens with zero attached hydrogens (tertiary/aromatic N) is 1. The van der Waals surface area contributed by atoms with Gasteiger partial charge < -0.3 is 20.7 Å². The molecule has 0 fully saturated rings. The minimum Gasteiger partial charge on any atom is -0.467 e. The number of methoxy groups -OCH3 is 1. The van der Waals surface area contributed by atoms with E-state index >= 15 is 0 Å². The summed E-state index contributed by atoms with van der Waals surface area (Å²) in [6, 6.07) is 10.2. The van der Waals surface area contributed by atoms with Gasteiger partial charge in [0.1, 0.15) is 6.04 Å². The highest BCUT2D eigenvalue weighted by molar-refractivity contribution is 6.35. The number of fused-ring (bicyclic) bond motifs is 1. The maximum Gasteiger partial charge on any atom is 0.328 e. The van der Waals surface area contributed by atoms with Crippen LogP contribution in [0, 0.1) is 0 Å². The number of anilines is 2. The molecule has 0 aliphatic carbocycles. The molecule has 2 aromatic rings. The van der Waals surface area contributed by atoms with E-state index in [1.54, 1.807) is 17.0 Å². The van der Waals surface area contributed by atoms with Gasteiger partial charge in [-0.25, -0.2) is 4.79 Å². The Morgan fingerprint density at radius 3 is 2.47 bits per heavy atom. The van der Waals surface area contributed by atoms with Crippen LogP contribution in [0.5, 0.6) is 0 Å². The predicted molar refractivity (Wildman–Crippen MR) is 132 cm³/mol. The number of aryl methyl sites for hydroxylation is 1. The quantitative estimate of drug-likeness (QED) is 0.406. The molecule has 2 atom stereocenters. The first-order valence-electron chi connectivity index (χ1n) is 10.3. The summed E-state index contributed by atoms with van der Waals surface area (Å²) < 4.78 is 4.94. The second-order valence-electron chi connectivity index (χ2n) is 7.62. The summed E-state index contributed by atoms with van der Waals surface area (Å²) in [6.45, 7) is 2.19. The van der Waals surface area contributed by atoms with Crippen LogP contribution in [-0.2, 0) is 20.7 Å². The van der Waals surface area contributed by atoms with Gasteiger partial charge in [0.25, 0.3) is 0 Å². The number of ether oxygens (including phenoxy) is 1. The highest BCUT2D eigenvalue weighted by atomic mass is 35.5. The smallest absolute Gasteiger partial charge is 0.328 e. The van der Waals surface area contributed by atoms with Crippen LogP contribution >= 0.6 is 35.6 Å². The van der Waals surface area contributed by atoms with E-state index in [0.29, 0.717) is 28.7 Å². The largest absolute Gasteiger partial charge is 0.467 e. The van der Waals surface area contributed by atoms with Crippen molar-refractivity contribution in [2.45, 2.75) is 44.7 Å². The highest BCUT2D eigenvalue weighted by Crippen LogP contribution is 2.44. The van der Waals surface area contributed by atoms with E-state index < -0.39 is 18.1 Å². The van der Waals surface area contributed by atoms with Crippen molar-refractivity contribution in [3.05, 3.63) is 57.6 Å². The molecule has 1 aliphatic heterocycles. The van der Waals surface area contributed by atoms with Gasteiger partial charge in [0.05, 0.1) is 13.2 Å². The van der Waals surface area contributed by atoms with Crippen molar-refractivity contribution >= 4 is 58.9 Å². The second kappa shape index (κ2) is 11.8. The normalized spacial score (nSPS) is 16.9. The lowest BCUT2D eigenvalue weighted by Crippen LogP contribution is -2.43. The van der Waals surface area contributed by atoms with Crippen molar-refractivity contribution in [3.8, 4) is 0 Å². The topological polar surface area (TPSA) is 84.7 Å². The molecule has 1 heterocycles. The number of hydrogen-bond donors (Lipinski definition) is 2. The summed E-state index contributed by atoms with van der Waals surface area (Å²) in [5.41, 5.74) is 8.85. The van der Waals surface area contributed by atoms with E-state index in [2.05, 4.69) is 5.32 Å². The molecule has 0 bridgehead atoms. The number of halogens is 3. The Bertz CT molecular complexity index is 953. The van der Waals surface area contributed by atoms with Crippen molar-refractivity contribution in [3.63, 3.8) is 0 Å². The van der Waals surface area contributed by atoms with Crippen molar-refractivity contribution in [1.29, 1.82) is 0 Å². The van der Waals surface area contributed by atoms with Crippen molar-refractivity contribution < 1.29 is 14.3 Å². The Balaban J connectivity index is 0.00000363. The zero-order valence-corrected chi connectivity index (χ0v) is 20.4. The Hall–Kier alpha value is -1.99. The monoisotopic (exact) mass is 499 g/mol. The van der Waals surface area contributed by atoms with Crippen LogP contribution in [0.15, 0.2) is 36.4 Å². The van der Waals surface area contributed by atoms with Crippen LogP contribution in [0.4, 0.5) is 11.4 Å². The van der Waals surface area contributed by atoms with Crippen molar-refractivity contribution in [2.75, 3.05) is 23.9 Å². The molecule has 0 unspecified atom stereocenters. The molecule has 0 radical (unpaired) electrons. The minimum absolute atomic E-state index is 0. The zero-order valence-electron chi connectivity index (χ0n) is 18.1. The Labute approximate surface area is 204 Å². The molecule has 2 aromatic carbocycles. The summed E-state index contributed by atoms with van der Waals surface area (Å²) in [7, 11) is 1.34. The second-order valence-corrected chi connectivity index (χ2v) is 8.47. The Morgan fingerprint density at radius 1 is 1.19 bits per heavy atom. The van der Waals surface area contributed by atoms with Gasteiger partial charge >= 0.3 is 5.97 Å². The van der Waals surface area contributed by atoms with Gasteiger partial charge in [-0.05, 0) is 55.6 Å². The molecule has 1 amide bonds. The van der Waals surface area contributed by atoms with Crippen LogP contribution in [-0.4, -0.2) is 31.6 Å². The van der Waals surface area contributed by atoms with Crippen LogP contribution in [0.3, 0.4) is 0 Å². The summed E-state index contributed by atoms with van der Waals surface area (Å²) >= 11 is 12.7. The highest BCUT2D eigenvalue weighted by Gasteiger charge is 2.38. The first kappa shape index (κ1) is 26.3. The number of unbranched alkanes of at least 4 members (excludes halogenated alkanes) is 1.